The van der Waals surface area contributed by atoms with Gasteiger partial charge in [0.2, 0.25) is 5.91 Å². The number of piperidine rings is 1. The van der Waals surface area contributed by atoms with Crippen LogP contribution in [-0.4, -0.2) is 48.6 Å². The Hall–Kier alpha value is -3.29. The standard InChI is InChI=1S/C23H26N6O2/c30-19(7-4-12-29-16-24-15-25-29)28-13-10-23(11-14-28)9-8-18-20(23)26-21(27-22(18)31)17-5-2-1-3-6-17/h1-3,5-6,15-16H,4,7-14H2,(H,26,27,31). The monoisotopic (exact) mass is 418 g/mol. The van der Waals surface area contributed by atoms with Crippen molar-refractivity contribution in [2.45, 2.75) is 50.5 Å². The summed E-state index contributed by atoms with van der Waals surface area (Å²) in [6.07, 6.45) is 7.87. The summed E-state index contributed by atoms with van der Waals surface area (Å²) in [5.74, 6) is 0.828. The first-order valence-electron chi connectivity index (χ1n) is 10.9. The van der Waals surface area contributed by atoms with E-state index in [9.17, 15) is 9.59 Å². The summed E-state index contributed by atoms with van der Waals surface area (Å²) >= 11 is 0. The minimum atomic E-state index is -0.0926. The molecule has 0 radical (unpaired) electrons. The lowest BCUT2D eigenvalue weighted by Gasteiger charge is -2.39. The van der Waals surface area contributed by atoms with E-state index >= 15 is 0 Å². The van der Waals surface area contributed by atoms with Crippen LogP contribution in [0.15, 0.2) is 47.8 Å². The molecular formula is C23H26N6O2. The average Bonchev–Trinajstić information content (AvgIpc) is 3.44. The van der Waals surface area contributed by atoms with E-state index in [4.69, 9.17) is 4.98 Å². The first kappa shape index (κ1) is 19.7. The van der Waals surface area contributed by atoms with Gasteiger partial charge >= 0.3 is 0 Å². The van der Waals surface area contributed by atoms with Gasteiger partial charge in [0.1, 0.15) is 18.5 Å². The largest absolute Gasteiger partial charge is 0.343 e. The molecule has 0 saturated carbocycles. The van der Waals surface area contributed by atoms with Gasteiger partial charge in [0.15, 0.2) is 0 Å². The smallest absolute Gasteiger partial charge is 0.254 e. The molecule has 1 saturated heterocycles. The van der Waals surface area contributed by atoms with E-state index in [1.165, 1.54) is 6.33 Å². The van der Waals surface area contributed by atoms with E-state index in [1.807, 2.05) is 35.2 Å². The highest BCUT2D eigenvalue weighted by atomic mass is 16.2. The minimum Gasteiger partial charge on any atom is -0.343 e. The third-order valence-corrected chi connectivity index (χ3v) is 6.74. The second-order valence-corrected chi connectivity index (χ2v) is 8.53. The number of amides is 1. The van der Waals surface area contributed by atoms with E-state index in [0.717, 1.165) is 62.0 Å². The number of aromatic amines is 1. The molecule has 3 aromatic rings. The molecule has 8 nitrogen and oxygen atoms in total. The molecule has 2 aromatic heterocycles. The Bertz CT molecular complexity index is 1110. The number of rotatable bonds is 5. The SMILES string of the molecule is O=C(CCCn1cncn1)N1CCC2(CCc3c2nc(-c2ccccc2)[nH]c3=O)CC1. The maximum atomic E-state index is 12.7. The van der Waals surface area contributed by atoms with Crippen LogP contribution in [0.1, 0.15) is 43.4 Å². The molecule has 1 N–H and O–H groups in total. The number of fused-ring (bicyclic) bond motifs is 2. The Morgan fingerprint density at radius 1 is 1.13 bits per heavy atom. The number of hydrogen-bond acceptors (Lipinski definition) is 5. The summed E-state index contributed by atoms with van der Waals surface area (Å²) < 4.78 is 1.75. The van der Waals surface area contributed by atoms with Gasteiger partial charge in [-0.2, -0.15) is 5.10 Å². The van der Waals surface area contributed by atoms with E-state index in [1.54, 1.807) is 11.0 Å². The topological polar surface area (TPSA) is 96.8 Å². The number of aryl methyl sites for hydroxylation is 1. The van der Waals surface area contributed by atoms with Crippen LogP contribution in [0.4, 0.5) is 0 Å². The molecule has 1 amide bonds. The van der Waals surface area contributed by atoms with Crippen molar-refractivity contribution in [2.24, 2.45) is 0 Å². The first-order valence-corrected chi connectivity index (χ1v) is 10.9. The first-order chi connectivity index (χ1) is 15.1. The average molecular weight is 419 g/mol. The van der Waals surface area contributed by atoms with Crippen molar-refractivity contribution in [1.29, 1.82) is 0 Å². The second-order valence-electron chi connectivity index (χ2n) is 8.53. The lowest BCUT2D eigenvalue weighted by Crippen LogP contribution is -2.44. The summed E-state index contributed by atoms with van der Waals surface area (Å²) in [5.41, 5.74) is 2.59. The Balaban J connectivity index is 1.28. The number of nitrogens with one attached hydrogen (secondary N) is 1. The molecule has 31 heavy (non-hydrogen) atoms. The van der Waals surface area contributed by atoms with E-state index in [0.29, 0.717) is 18.8 Å². The van der Waals surface area contributed by atoms with Crippen LogP contribution in [0, 0.1) is 0 Å². The fraction of sp³-hybridized carbons (Fsp3) is 0.435. The van der Waals surface area contributed by atoms with Crippen LogP contribution in [0.25, 0.3) is 11.4 Å². The highest BCUT2D eigenvalue weighted by Crippen LogP contribution is 2.44. The molecule has 0 unspecified atom stereocenters. The molecule has 0 bridgehead atoms. The molecular weight excluding hydrogens is 392 g/mol. The van der Waals surface area contributed by atoms with Gasteiger partial charge < -0.3 is 9.88 Å². The van der Waals surface area contributed by atoms with Gasteiger partial charge in [-0.3, -0.25) is 14.3 Å². The van der Waals surface area contributed by atoms with Crippen molar-refractivity contribution in [1.82, 2.24) is 29.6 Å². The van der Waals surface area contributed by atoms with Gasteiger partial charge in [0.25, 0.3) is 5.56 Å². The molecule has 1 fully saturated rings. The summed E-state index contributed by atoms with van der Waals surface area (Å²) in [7, 11) is 0. The predicted octanol–water partition coefficient (Wildman–Crippen LogP) is 2.32. The molecule has 2 aliphatic rings. The minimum absolute atomic E-state index is 0.0210. The zero-order valence-electron chi connectivity index (χ0n) is 17.5. The Kier molecular flexibility index (Phi) is 5.13. The Labute approximate surface area is 180 Å². The van der Waals surface area contributed by atoms with Crippen LogP contribution in [-0.2, 0) is 23.2 Å². The molecule has 3 heterocycles. The van der Waals surface area contributed by atoms with Gasteiger partial charge in [-0.25, -0.2) is 9.97 Å². The van der Waals surface area contributed by atoms with Crippen LogP contribution in [0.5, 0.6) is 0 Å². The molecule has 1 spiro atoms. The molecule has 1 aromatic carbocycles. The number of H-pyrrole nitrogens is 1. The van der Waals surface area contributed by atoms with E-state index in [2.05, 4.69) is 15.1 Å². The summed E-state index contributed by atoms with van der Waals surface area (Å²) in [5, 5.41) is 4.08. The fourth-order valence-corrected chi connectivity index (χ4v) is 4.95. The molecule has 8 heteroatoms. The maximum absolute atomic E-state index is 12.7. The number of aromatic nitrogens is 5. The number of carbonyl (C=O) groups is 1. The lowest BCUT2D eigenvalue weighted by atomic mass is 9.76. The second kappa shape index (κ2) is 8.09. The maximum Gasteiger partial charge on any atom is 0.254 e. The zero-order chi connectivity index (χ0) is 21.3. The van der Waals surface area contributed by atoms with Gasteiger partial charge in [0, 0.05) is 42.6 Å². The highest BCUT2D eigenvalue weighted by Gasteiger charge is 2.44. The number of nitrogens with zero attached hydrogens (tertiary/aromatic N) is 5. The van der Waals surface area contributed by atoms with E-state index in [-0.39, 0.29) is 16.9 Å². The normalized spacial score (nSPS) is 17.1. The third kappa shape index (κ3) is 3.78. The zero-order valence-corrected chi connectivity index (χ0v) is 17.5. The van der Waals surface area contributed by atoms with Crippen molar-refractivity contribution in [3.8, 4) is 11.4 Å². The number of hydrogen-bond donors (Lipinski definition) is 1. The van der Waals surface area contributed by atoms with Crippen molar-refractivity contribution in [3.63, 3.8) is 0 Å². The Morgan fingerprint density at radius 2 is 1.94 bits per heavy atom. The summed E-state index contributed by atoms with van der Waals surface area (Å²) in [4.78, 5) is 39.2. The molecule has 0 atom stereocenters. The van der Waals surface area contributed by atoms with Gasteiger partial charge in [-0.1, -0.05) is 30.3 Å². The highest BCUT2D eigenvalue weighted by molar-refractivity contribution is 5.76. The molecule has 160 valence electrons. The molecule has 5 rings (SSSR count). The number of benzene rings is 1. The van der Waals surface area contributed by atoms with Crippen LogP contribution < -0.4 is 5.56 Å². The Morgan fingerprint density at radius 3 is 2.68 bits per heavy atom. The van der Waals surface area contributed by atoms with Crippen molar-refractivity contribution < 1.29 is 4.79 Å². The predicted molar refractivity (Wildman–Crippen MR) is 115 cm³/mol. The van der Waals surface area contributed by atoms with Gasteiger partial charge in [-0.15, -0.1) is 0 Å². The van der Waals surface area contributed by atoms with Crippen molar-refractivity contribution >= 4 is 5.91 Å². The number of carbonyl (C=O) groups excluding carboxylic acids is 1. The number of likely N-dealkylation sites (tertiary alicyclic amines) is 1. The summed E-state index contributed by atoms with van der Waals surface area (Å²) in [6, 6.07) is 9.78. The molecule has 1 aliphatic carbocycles. The van der Waals surface area contributed by atoms with Gasteiger partial charge in [0.05, 0.1) is 5.69 Å². The lowest BCUT2D eigenvalue weighted by molar-refractivity contribution is -0.133. The van der Waals surface area contributed by atoms with Gasteiger partial charge in [-0.05, 0) is 32.1 Å². The molecule has 1 aliphatic heterocycles. The third-order valence-electron chi connectivity index (χ3n) is 6.74. The van der Waals surface area contributed by atoms with Crippen LogP contribution in [0.3, 0.4) is 0 Å². The van der Waals surface area contributed by atoms with Crippen molar-refractivity contribution in [3.05, 3.63) is 64.6 Å². The van der Waals surface area contributed by atoms with E-state index < -0.39 is 0 Å². The quantitative estimate of drug-likeness (QED) is 0.686. The van der Waals surface area contributed by atoms with Crippen molar-refractivity contribution in [2.75, 3.05) is 13.1 Å². The summed E-state index contributed by atoms with van der Waals surface area (Å²) in [6.45, 7) is 2.14. The van der Waals surface area contributed by atoms with Crippen LogP contribution >= 0.6 is 0 Å². The fourth-order valence-electron chi connectivity index (χ4n) is 4.95. The van der Waals surface area contributed by atoms with Crippen LogP contribution in [0.2, 0.25) is 0 Å².